The van der Waals surface area contributed by atoms with Gasteiger partial charge in [0.25, 0.3) is 0 Å². The molecule has 3 nitrogen and oxygen atoms in total. The Morgan fingerprint density at radius 1 is 1.47 bits per heavy atom. The van der Waals surface area contributed by atoms with Crippen LogP contribution in [0.5, 0.6) is 5.75 Å². The quantitative estimate of drug-likeness (QED) is 0.815. The van der Waals surface area contributed by atoms with Crippen LogP contribution in [0, 0.1) is 12.8 Å². The van der Waals surface area contributed by atoms with Gasteiger partial charge < -0.3 is 10.1 Å². The summed E-state index contributed by atoms with van der Waals surface area (Å²) in [7, 11) is 1.78. The largest absolute Gasteiger partial charge is 0.491 e. The lowest BCUT2D eigenvalue weighted by atomic mass is 9.86. The number of rotatable bonds is 6. The Morgan fingerprint density at radius 2 is 2.21 bits per heavy atom. The maximum Gasteiger partial charge on any atom is 0.180 e. The summed E-state index contributed by atoms with van der Waals surface area (Å²) in [6.07, 6.45) is 3.78. The fourth-order valence-corrected chi connectivity index (χ4v) is 2.89. The minimum atomic E-state index is 0.0653. The van der Waals surface area contributed by atoms with Crippen molar-refractivity contribution in [2.45, 2.75) is 26.2 Å². The highest BCUT2D eigenvalue weighted by molar-refractivity contribution is 9.10. The number of hydrogen-bond donors (Lipinski definition) is 1. The molecule has 2 rings (SSSR count). The number of nitrogens with one attached hydrogen (secondary N) is 1. The number of hydrogen-bond acceptors (Lipinski definition) is 3. The number of Topliss-reactive ketones (excluding diaryl/α,β-unsaturated/α-hetero) is 1. The highest BCUT2D eigenvalue weighted by Gasteiger charge is 2.21. The first-order valence-corrected chi connectivity index (χ1v) is 7.52. The molecule has 1 aromatic rings. The predicted molar refractivity (Wildman–Crippen MR) is 80.0 cm³/mol. The fraction of sp³-hybridized carbons (Fsp3) is 0.533. The Labute approximate surface area is 122 Å². The molecular weight excluding hydrogens is 306 g/mol. The van der Waals surface area contributed by atoms with Crippen molar-refractivity contribution in [2.24, 2.45) is 5.92 Å². The molecule has 0 radical (unpaired) electrons. The minimum absolute atomic E-state index is 0.0653. The molecule has 0 heterocycles. The predicted octanol–water partition coefficient (Wildman–Crippen LogP) is 3.34. The van der Waals surface area contributed by atoms with E-state index in [1.165, 1.54) is 19.3 Å². The van der Waals surface area contributed by atoms with Crippen molar-refractivity contribution in [3.63, 3.8) is 0 Å². The number of halogens is 1. The van der Waals surface area contributed by atoms with Gasteiger partial charge in [0.2, 0.25) is 0 Å². The number of ketones is 1. The van der Waals surface area contributed by atoms with Gasteiger partial charge in [-0.05, 0) is 66.4 Å². The van der Waals surface area contributed by atoms with E-state index in [0.29, 0.717) is 30.4 Å². The molecule has 1 N–H and O–H groups in total. The molecule has 4 heteroatoms. The van der Waals surface area contributed by atoms with E-state index in [2.05, 4.69) is 21.2 Å². The van der Waals surface area contributed by atoms with E-state index in [9.17, 15) is 4.79 Å². The molecule has 0 amide bonds. The van der Waals surface area contributed by atoms with Crippen LogP contribution in [0.25, 0.3) is 0 Å². The Morgan fingerprint density at radius 3 is 2.79 bits per heavy atom. The van der Waals surface area contributed by atoms with Gasteiger partial charge in [0.15, 0.2) is 5.78 Å². The summed E-state index contributed by atoms with van der Waals surface area (Å²) in [5.41, 5.74) is 1.72. The molecule has 0 unspecified atom stereocenters. The summed E-state index contributed by atoms with van der Waals surface area (Å²) in [5.74, 6) is 1.41. The molecule has 1 aromatic carbocycles. The average molecular weight is 326 g/mol. The van der Waals surface area contributed by atoms with Crippen LogP contribution in [-0.4, -0.2) is 26.0 Å². The number of carbonyl (C=O) groups excluding carboxylic acids is 1. The van der Waals surface area contributed by atoms with E-state index in [0.717, 1.165) is 10.0 Å². The summed E-state index contributed by atoms with van der Waals surface area (Å²) >= 11 is 3.51. The second kappa shape index (κ2) is 6.53. The van der Waals surface area contributed by atoms with Gasteiger partial charge >= 0.3 is 0 Å². The SMILES string of the molecule is CNCC(=O)c1cc(C)cc(Br)c1OCC1CCC1. The van der Waals surface area contributed by atoms with E-state index in [1.54, 1.807) is 7.05 Å². The number of benzene rings is 1. The molecule has 1 aliphatic rings. The van der Waals surface area contributed by atoms with E-state index in [-0.39, 0.29) is 5.78 Å². The minimum Gasteiger partial charge on any atom is -0.491 e. The maximum atomic E-state index is 12.1. The summed E-state index contributed by atoms with van der Waals surface area (Å²) < 4.78 is 6.77. The van der Waals surface area contributed by atoms with E-state index >= 15 is 0 Å². The Bertz CT molecular complexity index is 469. The smallest absolute Gasteiger partial charge is 0.180 e. The normalized spacial score (nSPS) is 15.1. The Balaban J connectivity index is 2.19. The number of aryl methyl sites for hydroxylation is 1. The fourth-order valence-electron chi connectivity index (χ4n) is 2.20. The molecule has 0 bridgehead atoms. The monoisotopic (exact) mass is 325 g/mol. The van der Waals surface area contributed by atoms with Crippen LogP contribution in [0.2, 0.25) is 0 Å². The van der Waals surface area contributed by atoms with Gasteiger partial charge in [-0.15, -0.1) is 0 Å². The van der Waals surface area contributed by atoms with E-state index in [4.69, 9.17) is 4.74 Å². The van der Waals surface area contributed by atoms with Gasteiger partial charge in [-0.25, -0.2) is 0 Å². The van der Waals surface area contributed by atoms with Gasteiger partial charge in [-0.1, -0.05) is 6.42 Å². The average Bonchev–Trinajstić information content (AvgIpc) is 2.29. The van der Waals surface area contributed by atoms with Crippen molar-refractivity contribution in [3.8, 4) is 5.75 Å². The molecule has 0 aromatic heterocycles. The van der Waals surface area contributed by atoms with Crippen LogP contribution in [0.15, 0.2) is 16.6 Å². The van der Waals surface area contributed by atoms with E-state index in [1.807, 2.05) is 19.1 Å². The van der Waals surface area contributed by atoms with Gasteiger partial charge in [0.1, 0.15) is 5.75 Å². The molecule has 0 spiro atoms. The molecule has 104 valence electrons. The lowest BCUT2D eigenvalue weighted by molar-refractivity contribution is 0.0986. The van der Waals surface area contributed by atoms with Gasteiger partial charge in [-0.2, -0.15) is 0 Å². The third kappa shape index (κ3) is 3.57. The van der Waals surface area contributed by atoms with Crippen molar-refractivity contribution in [1.29, 1.82) is 0 Å². The molecule has 19 heavy (non-hydrogen) atoms. The van der Waals surface area contributed by atoms with Crippen molar-refractivity contribution >= 4 is 21.7 Å². The second-order valence-corrected chi connectivity index (χ2v) is 6.04. The molecule has 0 atom stereocenters. The van der Waals surface area contributed by atoms with Crippen molar-refractivity contribution in [3.05, 3.63) is 27.7 Å². The third-order valence-electron chi connectivity index (χ3n) is 3.51. The second-order valence-electron chi connectivity index (χ2n) is 5.18. The zero-order valence-electron chi connectivity index (χ0n) is 11.5. The van der Waals surface area contributed by atoms with Crippen molar-refractivity contribution in [1.82, 2.24) is 5.32 Å². The highest BCUT2D eigenvalue weighted by atomic mass is 79.9. The van der Waals surface area contributed by atoms with Gasteiger partial charge in [-0.3, -0.25) is 4.79 Å². The lowest BCUT2D eigenvalue weighted by Gasteiger charge is -2.26. The number of carbonyl (C=O) groups is 1. The Hall–Kier alpha value is -0.870. The summed E-state index contributed by atoms with van der Waals surface area (Å²) in [6, 6.07) is 3.90. The first-order valence-electron chi connectivity index (χ1n) is 6.72. The van der Waals surface area contributed by atoms with Crippen molar-refractivity contribution in [2.75, 3.05) is 20.2 Å². The number of ether oxygens (including phenoxy) is 1. The van der Waals surface area contributed by atoms with Crippen LogP contribution in [0.1, 0.15) is 35.2 Å². The summed E-state index contributed by atoms with van der Waals surface area (Å²) in [6.45, 7) is 3.02. The zero-order chi connectivity index (χ0) is 13.8. The first kappa shape index (κ1) is 14.5. The van der Waals surface area contributed by atoms with E-state index < -0.39 is 0 Å². The summed E-state index contributed by atoms with van der Waals surface area (Å²) in [4.78, 5) is 12.1. The van der Waals surface area contributed by atoms with Gasteiger partial charge in [0.05, 0.1) is 23.2 Å². The standard InChI is InChI=1S/C15H20BrNO2/c1-10-6-12(14(18)8-17-2)15(13(16)7-10)19-9-11-4-3-5-11/h6-7,11,17H,3-5,8-9H2,1-2H3. The molecule has 1 fully saturated rings. The Kier molecular flexibility index (Phi) is 4.99. The molecular formula is C15H20BrNO2. The van der Waals surface area contributed by atoms with Crippen LogP contribution in [0.4, 0.5) is 0 Å². The highest BCUT2D eigenvalue weighted by Crippen LogP contribution is 2.33. The van der Waals surface area contributed by atoms with Crippen LogP contribution >= 0.6 is 15.9 Å². The van der Waals surface area contributed by atoms with Crippen LogP contribution < -0.4 is 10.1 Å². The molecule has 1 saturated carbocycles. The van der Waals surface area contributed by atoms with Crippen LogP contribution in [-0.2, 0) is 0 Å². The summed E-state index contributed by atoms with van der Waals surface area (Å²) in [5, 5.41) is 2.90. The van der Waals surface area contributed by atoms with Crippen molar-refractivity contribution < 1.29 is 9.53 Å². The van der Waals surface area contributed by atoms with Crippen LogP contribution in [0.3, 0.4) is 0 Å². The third-order valence-corrected chi connectivity index (χ3v) is 4.10. The molecule has 0 aliphatic heterocycles. The topological polar surface area (TPSA) is 38.3 Å². The first-order chi connectivity index (χ1) is 9.11. The lowest BCUT2D eigenvalue weighted by Crippen LogP contribution is -2.22. The zero-order valence-corrected chi connectivity index (χ0v) is 13.0. The number of likely N-dealkylation sites (N-methyl/N-ethyl adjacent to an activating group) is 1. The van der Waals surface area contributed by atoms with Gasteiger partial charge in [0, 0.05) is 0 Å². The maximum absolute atomic E-state index is 12.1. The molecule has 1 aliphatic carbocycles. The molecule has 0 saturated heterocycles.